The van der Waals surface area contributed by atoms with Gasteiger partial charge in [-0.25, -0.2) is 9.97 Å². The molecule has 1 aromatic heterocycles. The molecule has 1 saturated carbocycles. The fraction of sp³-hybridized carbons (Fsp3) is 0.789. The Morgan fingerprint density at radius 2 is 1.62 bits per heavy atom. The van der Waals surface area contributed by atoms with Crippen LogP contribution in [0.3, 0.4) is 0 Å². The number of anilines is 1. The molecule has 0 spiro atoms. The minimum atomic E-state index is 0.601. The minimum absolute atomic E-state index is 0.601. The molecule has 2 atom stereocenters. The largest absolute Gasteiger partial charge is 0.332 e. The van der Waals surface area contributed by atoms with E-state index in [1.165, 1.54) is 50.5 Å². The quantitative estimate of drug-likeness (QED) is 0.848. The molecular weight excluding hydrogens is 298 g/mol. The van der Waals surface area contributed by atoms with Gasteiger partial charge in [0.05, 0.1) is 0 Å². The van der Waals surface area contributed by atoms with Gasteiger partial charge in [-0.3, -0.25) is 4.90 Å². The fourth-order valence-electron chi connectivity index (χ4n) is 4.94. The van der Waals surface area contributed by atoms with Gasteiger partial charge < -0.3 is 9.80 Å². The molecule has 4 rings (SSSR count). The first kappa shape index (κ1) is 16.3. The lowest BCUT2D eigenvalue weighted by atomic mass is 9.94. The Kier molecular flexibility index (Phi) is 4.72. The van der Waals surface area contributed by atoms with Crippen molar-refractivity contribution < 1.29 is 0 Å². The third-order valence-corrected chi connectivity index (χ3v) is 6.22. The summed E-state index contributed by atoms with van der Waals surface area (Å²) < 4.78 is 0. The topological polar surface area (TPSA) is 35.5 Å². The average molecular weight is 329 g/mol. The lowest BCUT2D eigenvalue weighted by molar-refractivity contribution is 0.184. The van der Waals surface area contributed by atoms with Gasteiger partial charge in [-0.15, -0.1) is 0 Å². The van der Waals surface area contributed by atoms with Gasteiger partial charge in [0.15, 0.2) is 0 Å². The van der Waals surface area contributed by atoms with Crippen molar-refractivity contribution in [1.29, 1.82) is 0 Å². The summed E-state index contributed by atoms with van der Waals surface area (Å²) in [4.78, 5) is 16.9. The first-order valence-corrected chi connectivity index (χ1v) is 9.69. The third kappa shape index (κ3) is 3.29. The smallest absolute Gasteiger partial charge is 0.225 e. The van der Waals surface area contributed by atoms with Gasteiger partial charge >= 0.3 is 0 Å². The minimum Gasteiger partial charge on any atom is -0.332 e. The molecule has 2 bridgehead atoms. The number of hydrogen-bond acceptors (Lipinski definition) is 5. The zero-order chi connectivity index (χ0) is 16.5. The monoisotopic (exact) mass is 329 g/mol. The molecule has 2 aliphatic heterocycles. The van der Waals surface area contributed by atoms with Gasteiger partial charge in [-0.05, 0) is 39.8 Å². The summed E-state index contributed by atoms with van der Waals surface area (Å²) >= 11 is 0. The Morgan fingerprint density at radius 3 is 2.25 bits per heavy atom. The third-order valence-electron chi connectivity index (χ3n) is 6.22. The van der Waals surface area contributed by atoms with Crippen molar-refractivity contribution in [3.63, 3.8) is 0 Å². The van der Waals surface area contributed by atoms with E-state index in [1.54, 1.807) is 0 Å². The van der Waals surface area contributed by atoms with E-state index in [1.807, 2.05) is 0 Å². The van der Waals surface area contributed by atoms with Crippen molar-refractivity contribution in [3.8, 4) is 0 Å². The number of rotatable bonds is 4. The molecule has 0 radical (unpaired) electrons. The summed E-state index contributed by atoms with van der Waals surface area (Å²) in [6.45, 7) is 3.26. The van der Waals surface area contributed by atoms with E-state index >= 15 is 0 Å². The van der Waals surface area contributed by atoms with Gasteiger partial charge in [0, 0.05) is 55.7 Å². The Balaban J connectivity index is 1.40. The number of hydrogen-bond donors (Lipinski definition) is 0. The molecule has 24 heavy (non-hydrogen) atoms. The van der Waals surface area contributed by atoms with Crippen LogP contribution in [0.25, 0.3) is 0 Å². The Morgan fingerprint density at radius 1 is 1.00 bits per heavy atom. The zero-order valence-electron chi connectivity index (χ0n) is 15.2. The summed E-state index contributed by atoms with van der Waals surface area (Å²) in [7, 11) is 4.48. The Bertz CT molecular complexity index is 525. The van der Waals surface area contributed by atoms with E-state index < -0.39 is 0 Å². The molecule has 3 aliphatic rings. The van der Waals surface area contributed by atoms with Crippen LogP contribution in [-0.2, 0) is 6.54 Å². The zero-order valence-corrected chi connectivity index (χ0v) is 15.2. The molecule has 0 aromatic carbocycles. The van der Waals surface area contributed by atoms with E-state index in [9.17, 15) is 0 Å². The van der Waals surface area contributed by atoms with Crippen LogP contribution >= 0.6 is 0 Å². The van der Waals surface area contributed by atoms with Crippen molar-refractivity contribution >= 4 is 5.95 Å². The van der Waals surface area contributed by atoms with Crippen LogP contribution in [0.1, 0.15) is 50.5 Å². The molecule has 3 fully saturated rings. The van der Waals surface area contributed by atoms with Crippen molar-refractivity contribution in [2.75, 3.05) is 32.1 Å². The van der Waals surface area contributed by atoms with Crippen LogP contribution < -0.4 is 4.90 Å². The standard InChI is InChI=1S/C19H31N5/c1-22-13-17-8-9-18(14-22)24(17)19-20-10-15(11-21-19)12-23(2)16-6-4-3-5-7-16/h10-11,16-18H,3-9,12-14H2,1-2H3. The average Bonchev–Trinajstić information content (AvgIpc) is 2.88. The van der Waals surface area contributed by atoms with Gasteiger partial charge in [0.1, 0.15) is 0 Å². The van der Waals surface area contributed by atoms with Crippen molar-refractivity contribution in [1.82, 2.24) is 19.8 Å². The predicted octanol–water partition coefficient (Wildman–Crippen LogP) is 2.52. The molecule has 132 valence electrons. The molecule has 5 nitrogen and oxygen atoms in total. The maximum atomic E-state index is 4.74. The number of likely N-dealkylation sites (tertiary alicyclic amines) is 1. The van der Waals surface area contributed by atoms with Gasteiger partial charge in [-0.1, -0.05) is 19.3 Å². The molecule has 0 amide bonds. The Hall–Kier alpha value is -1.20. The van der Waals surface area contributed by atoms with Crippen molar-refractivity contribution in [2.24, 2.45) is 0 Å². The van der Waals surface area contributed by atoms with Gasteiger partial charge in [0.25, 0.3) is 0 Å². The first-order chi connectivity index (χ1) is 11.7. The van der Waals surface area contributed by atoms with E-state index in [0.29, 0.717) is 12.1 Å². The van der Waals surface area contributed by atoms with Gasteiger partial charge in [-0.2, -0.15) is 0 Å². The van der Waals surface area contributed by atoms with E-state index in [-0.39, 0.29) is 0 Å². The molecule has 1 aromatic rings. The number of piperazine rings is 1. The predicted molar refractivity (Wildman–Crippen MR) is 97.2 cm³/mol. The SMILES string of the molecule is CN1CC2CCC(C1)N2c1ncc(CN(C)C2CCCCC2)cn1. The fourth-order valence-corrected chi connectivity index (χ4v) is 4.94. The summed E-state index contributed by atoms with van der Waals surface area (Å²) in [5.74, 6) is 0.944. The highest BCUT2D eigenvalue weighted by Crippen LogP contribution is 2.32. The van der Waals surface area contributed by atoms with Crippen LogP contribution in [0.15, 0.2) is 12.4 Å². The highest BCUT2D eigenvalue weighted by atomic mass is 15.4. The number of likely N-dealkylation sites (N-methyl/N-ethyl adjacent to an activating group) is 1. The molecule has 2 saturated heterocycles. The van der Waals surface area contributed by atoms with Crippen LogP contribution in [0.2, 0.25) is 0 Å². The number of fused-ring (bicyclic) bond motifs is 2. The highest BCUT2D eigenvalue weighted by Gasteiger charge is 2.40. The maximum Gasteiger partial charge on any atom is 0.225 e. The summed E-state index contributed by atoms with van der Waals surface area (Å²) in [5, 5.41) is 0. The Labute approximate surface area is 146 Å². The first-order valence-electron chi connectivity index (χ1n) is 9.69. The maximum absolute atomic E-state index is 4.74. The second kappa shape index (κ2) is 6.96. The molecule has 2 unspecified atom stereocenters. The lowest BCUT2D eigenvalue weighted by Gasteiger charge is -2.39. The van der Waals surface area contributed by atoms with E-state index in [4.69, 9.17) is 9.97 Å². The van der Waals surface area contributed by atoms with Crippen LogP contribution in [0, 0.1) is 0 Å². The second-order valence-electron chi connectivity index (χ2n) is 8.11. The summed E-state index contributed by atoms with van der Waals surface area (Å²) in [6, 6.07) is 1.95. The van der Waals surface area contributed by atoms with E-state index in [2.05, 4.69) is 41.2 Å². The normalized spacial score (nSPS) is 28.7. The molecule has 5 heteroatoms. The van der Waals surface area contributed by atoms with Crippen LogP contribution in [-0.4, -0.2) is 65.1 Å². The summed E-state index contributed by atoms with van der Waals surface area (Å²) in [6.07, 6.45) is 13.6. The van der Waals surface area contributed by atoms with Crippen LogP contribution in [0.5, 0.6) is 0 Å². The second-order valence-corrected chi connectivity index (χ2v) is 8.11. The highest BCUT2D eigenvalue weighted by molar-refractivity contribution is 5.37. The lowest BCUT2D eigenvalue weighted by Crippen LogP contribution is -2.53. The molecule has 1 aliphatic carbocycles. The number of aromatic nitrogens is 2. The van der Waals surface area contributed by atoms with Gasteiger partial charge in [0.2, 0.25) is 5.95 Å². The van der Waals surface area contributed by atoms with Crippen LogP contribution in [0.4, 0.5) is 5.95 Å². The molecular formula is C19H31N5. The summed E-state index contributed by atoms with van der Waals surface area (Å²) in [5.41, 5.74) is 1.24. The van der Waals surface area contributed by atoms with E-state index in [0.717, 1.165) is 31.6 Å². The van der Waals surface area contributed by atoms with Crippen molar-refractivity contribution in [3.05, 3.63) is 18.0 Å². The molecule has 3 heterocycles. The molecule has 0 N–H and O–H groups in total. The van der Waals surface area contributed by atoms with Crippen molar-refractivity contribution in [2.45, 2.75) is 69.6 Å². The number of nitrogens with zero attached hydrogens (tertiary/aromatic N) is 5.